The Labute approximate surface area is 148 Å². The average molecular weight is 353 g/mol. The van der Waals surface area contributed by atoms with Crippen molar-refractivity contribution in [2.75, 3.05) is 0 Å². The number of benzene rings is 1. The molecule has 1 rings (SSSR count). The molecule has 0 saturated carbocycles. The molecule has 0 fully saturated rings. The molecule has 0 unspecified atom stereocenters. The van der Waals surface area contributed by atoms with Gasteiger partial charge in [0.15, 0.2) is 0 Å². The van der Waals surface area contributed by atoms with Crippen molar-refractivity contribution in [3.05, 3.63) is 35.4 Å². The largest absolute Gasteiger partial charge is 0.480 e. The number of amides is 1. The maximum absolute atomic E-state index is 11.9. The Morgan fingerprint density at radius 3 is 2.17 bits per heavy atom. The van der Waals surface area contributed by atoms with E-state index in [1.807, 2.05) is 45.0 Å². The quantitative estimate of drug-likeness (QED) is 0.809. The van der Waals surface area contributed by atoms with Gasteiger partial charge in [0.25, 0.3) is 0 Å². The zero-order valence-electron chi connectivity index (χ0n) is 15.2. The number of carbonyl (C=O) groups is 2. The molecule has 0 aliphatic rings. The van der Waals surface area contributed by atoms with Crippen LogP contribution in [0.1, 0.15) is 45.7 Å². The SMILES string of the molecule is Cc1ccc(CSC(C)(C)[C@H](NC(=O)OC(C)(C)C)C(=O)O)cc1. The smallest absolute Gasteiger partial charge is 0.408 e. The molecule has 0 saturated heterocycles. The Kier molecular flexibility index (Phi) is 6.72. The van der Waals surface area contributed by atoms with E-state index in [9.17, 15) is 14.7 Å². The summed E-state index contributed by atoms with van der Waals surface area (Å²) in [6, 6.07) is 7.04. The van der Waals surface area contributed by atoms with Crippen molar-refractivity contribution >= 4 is 23.8 Å². The number of hydrogen-bond acceptors (Lipinski definition) is 4. The molecule has 0 aliphatic carbocycles. The van der Waals surface area contributed by atoms with Crippen LogP contribution in [0.3, 0.4) is 0 Å². The predicted molar refractivity (Wildman–Crippen MR) is 97.3 cm³/mol. The molecule has 1 atom stereocenters. The van der Waals surface area contributed by atoms with Gasteiger partial charge in [-0.15, -0.1) is 11.8 Å². The Hall–Kier alpha value is -1.69. The van der Waals surface area contributed by atoms with E-state index < -0.39 is 28.5 Å². The van der Waals surface area contributed by atoms with E-state index in [1.54, 1.807) is 20.8 Å². The van der Waals surface area contributed by atoms with Gasteiger partial charge in [-0.2, -0.15) is 0 Å². The highest BCUT2D eigenvalue weighted by Gasteiger charge is 2.38. The predicted octanol–water partition coefficient (Wildman–Crippen LogP) is 3.98. The number of alkyl carbamates (subject to hydrolysis) is 1. The second kappa shape index (κ2) is 7.92. The van der Waals surface area contributed by atoms with Crippen molar-refractivity contribution in [1.82, 2.24) is 5.32 Å². The topological polar surface area (TPSA) is 75.6 Å². The van der Waals surface area contributed by atoms with Gasteiger partial charge in [0, 0.05) is 10.5 Å². The molecule has 1 aromatic rings. The van der Waals surface area contributed by atoms with E-state index in [2.05, 4.69) is 5.32 Å². The molecule has 0 bridgehead atoms. The highest BCUT2D eigenvalue weighted by molar-refractivity contribution is 7.99. The van der Waals surface area contributed by atoms with Crippen molar-refractivity contribution in [2.45, 2.75) is 63.7 Å². The van der Waals surface area contributed by atoms with Gasteiger partial charge < -0.3 is 15.2 Å². The summed E-state index contributed by atoms with van der Waals surface area (Å²) in [5.41, 5.74) is 1.62. The van der Waals surface area contributed by atoms with E-state index >= 15 is 0 Å². The first-order valence-electron chi connectivity index (χ1n) is 7.82. The summed E-state index contributed by atoms with van der Waals surface area (Å²) in [4.78, 5) is 23.5. The van der Waals surface area contributed by atoms with Gasteiger partial charge in [-0.3, -0.25) is 0 Å². The van der Waals surface area contributed by atoms with E-state index in [1.165, 1.54) is 17.3 Å². The van der Waals surface area contributed by atoms with Gasteiger partial charge in [-0.25, -0.2) is 9.59 Å². The lowest BCUT2D eigenvalue weighted by atomic mass is 10.0. The number of rotatable bonds is 6. The van der Waals surface area contributed by atoms with E-state index in [0.29, 0.717) is 5.75 Å². The number of thioether (sulfide) groups is 1. The molecule has 24 heavy (non-hydrogen) atoms. The number of aryl methyl sites for hydroxylation is 1. The van der Waals surface area contributed by atoms with Crippen LogP contribution in [-0.2, 0) is 15.3 Å². The third-order valence-corrected chi connectivity index (χ3v) is 4.79. The molecule has 0 aromatic heterocycles. The van der Waals surface area contributed by atoms with Gasteiger partial charge in [0.2, 0.25) is 0 Å². The molecule has 0 heterocycles. The summed E-state index contributed by atoms with van der Waals surface area (Å²) in [6.45, 7) is 10.8. The van der Waals surface area contributed by atoms with Crippen LogP contribution >= 0.6 is 11.8 Å². The molecule has 0 spiro atoms. The van der Waals surface area contributed by atoms with Gasteiger partial charge >= 0.3 is 12.1 Å². The lowest BCUT2D eigenvalue weighted by Crippen LogP contribution is -2.53. The highest BCUT2D eigenvalue weighted by Crippen LogP contribution is 2.32. The molecule has 1 aromatic carbocycles. The molecule has 0 radical (unpaired) electrons. The van der Waals surface area contributed by atoms with Crippen LogP contribution in [0.4, 0.5) is 4.79 Å². The first-order chi connectivity index (χ1) is 10.9. The van der Waals surface area contributed by atoms with Gasteiger partial charge in [-0.1, -0.05) is 29.8 Å². The third-order valence-electron chi connectivity index (χ3n) is 3.33. The second-order valence-corrected chi connectivity index (χ2v) is 8.92. The Balaban J connectivity index is 2.75. The van der Waals surface area contributed by atoms with Crippen molar-refractivity contribution in [1.29, 1.82) is 0 Å². The maximum atomic E-state index is 11.9. The monoisotopic (exact) mass is 353 g/mol. The lowest BCUT2D eigenvalue weighted by molar-refractivity contribution is -0.140. The van der Waals surface area contributed by atoms with E-state index in [-0.39, 0.29) is 0 Å². The van der Waals surface area contributed by atoms with Crippen LogP contribution in [0.25, 0.3) is 0 Å². The molecule has 5 nitrogen and oxygen atoms in total. The van der Waals surface area contributed by atoms with Crippen LogP contribution in [-0.4, -0.2) is 33.6 Å². The molecule has 2 N–H and O–H groups in total. The van der Waals surface area contributed by atoms with Crippen LogP contribution in [0.15, 0.2) is 24.3 Å². The summed E-state index contributed by atoms with van der Waals surface area (Å²) in [7, 11) is 0. The maximum Gasteiger partial charge on any atom is 0.408 e. The first kappa shape index (κ1) is 20.4. The molecular weight excluding hydrogens is 326 g/mol. The fourth-order valence-electron chi connectivity index (χ4n) is 2.00. The normalized spacial score (nSPS) is 13.2. The van der Waals surface area contributed by atoms with Crippen LogP contribution in [0.2, 0.25) is 0 Å². The molecule has 134 valence electrons. The molecular formula is C18H27NO4S. The van der Waals surface area contributed by atoms with Crippen LogP contribution in [0, 0.1) is 6.92 Å². The number of hydrogen-bond donors (Lipinski definition) is 2. The van der Waals surface area contributed by atoms with Gasteiger partial charge in [-0.05, 0) is 47.1 Å². The number of carboxylic acids is 1. The Morgan fingerprint density at radius 2 is 1.71 bits per heavy atom. The summed E-state index contributed by atoms with van der Waals surface area (Å²) in [6.07, 6.45) is -0.723. The first-order valence-corrected chi connectivity index (χ1v) is 8.81. The molecule has 6 heteroatoms. The Bertz CT molecular complexity index is 576. The highest BCUT2D eigenvalue weighted by atomic mass is 32.2. The number of carboxylic acid groups (broad SMARTS) is 1. The number of ether oxygens (including phenoxy) is 1. The lowest BCUT2D eigenvalue weighted by Gasteiger charge is -2.32. The minimum absolute atomic E-state index is 0.660. The fourth-order valence-corrected chi connectivity index (χ4v) is 3.05. The Morgan fingerprint density at radius 1 is 1.17 bits per heavy atom. The zero-order chi connectivity index (χ0) is 18.5. The minimum atomic E-state index is -1.08. The van der Waals surface area contributed by atoms with E-state index in [0.717, 1.165) is 5.56 Å². The van der Waals surface area contributed by atoms with Gasteiger partial charge in [0.1, 0.15) is 11.6 Å². The summed E-state index contributed by atoms with van der Waals surface area (Å²) in [5, 5.41) is 12.0. The van der Waals surface area contributed by atoms with Crippen molar-refractivity contribution < 1.29 is 19.4 Å². The number of aliphatic carboxylic acids is 1. The average Bonchev–Trinajstić information content (AvgIpc) is 2.42. The fraction of sp³-hybridized carbons (Fsp3) is 0.556. The summed E-state index contributed by atoms with van der Waals surface area (Å²) < 4.78 is 4.47. The van der Waals surface area contributed by atoms with Crippen LogP contribution < -0.4 is 5.32 Å². The summed E-state index contributed by atoms with van der Waals surface area (Å²) in [5.74, 6) is -0.421. The standard InChI is InChI=1S/C18H27NO4S/c1-12-7-9-13(10-8-12)11-24-18(5,6)14(15(20)21)19-16(22)23-17(2,3)4/h7-10,14H,11H2,1-6H3,(H,19,22)(H,20,21)/t14-/m1/s1. The summed E-state index contributed by atoms with van der Waals surface area (Å²) >= 11 is 1.48. The molecule has 0 aliphatic heterocycles. The van der Waals surface area contributed by atoms with E-state index in [4.69, 9.17) is 4.74 Å². The van der Waals surface area contributed by atoms with Crippen molar-refractivity contribution in [2.24, 2.45) is 0 Å². The zero-order valence-corrected chi connectivity index (χ0v) is 16.0. The third kappa shape index (κ3) is 6.83. The van der Waals surface area contributed by atoms with Crippen molar-refractivity contribution in [3.63, 3.8) is 0 Å². The number of nitrogens with one attached hydrogen (secondary N) is 1. The molecule has 1 amide bonds. The minimum Gasteiger partial charge on any atom is -0.480 e. The van der Waals surface area contributed by atoms with Crippen LogP contribution in [0.5, 0.6) is 0 Å². The second-order valence-electron chi connectivity index (χ2n) is 7.30. The van der Waals surface area contributed by atoms with Gasteiger partial charge in [0.05, 0.1) is 0 Å². The van der Waals surface area contributed by atoms with Crippen molar-refractivity contribution in [3.8, 4) is 0 Å². The number of carbonyl (C=O) groups excluding carboxylic acids is 1.